The molecule has 0 fully saturated rings. The van der Waals surface area contributed by atoms with Gasteiger partial charge in [-0.25, -0.2) is 4.98 Å². The number of nitrogens with zero attached hydrogens (tertiary/aromatic N) is 2. The summed E-state index contributed by atoms with van der Waals surface area (Å²) in [6.07, 6.45) is 1.59. The van der Waals surface area contributed by atoms with Gasteiger partial charge in [0.2, 0.25) is 5.91 Å². The first kappa shape index (κ1) is 12.6. The van der Waals surface area contributed by atoms with Gasteiger partial charge in [0.15, 0.2) is 0 Å². The first-order valence-electron chi connectivity index (χ1n) is 5.68. The van der Waals surface area contributed by atoms with E-state index in [2.05, 4.69) is 10.3 Å². The minimum absolute atomic E-state index is 0.406. The number of nitrogens with two attached hydrogens (primary N) is 1. The summed E-state index contributed by atoms with van der Waals surface area (Å²) in [5.41, 5.74) is 7.70. The van der Waals surface area contributed by atoms with Gasteiger partial charge in [-0.15, -0.1) is 0 Å². The van der Waals surface area contributed by atoms with Crippen LogP contribution in [-0.2, 0) is 6.54 Å². The number of nitriles is 1. The molecular formula is C14H12N4O. The maximum atomic E-state index is 10.9. The van der Waals surface area contributed by atoms with E-state index in [-0.39, 0.29) is 0 Å². The number of primary amides is 1. The van der Waals surface area contributed by atoms with Gasteiger partial charge in [-0.3, -0.25) is 4.79 Å². The summed E-state index contributed by atoms with van der Waals surface area (Å²) < 4.78 is 0. The van der Waals surface area contributed by atoms with Crippen molar-refractivity contribution in [3.63, 3.8) is 0 Å². The van der Waals surface area contributed by atoms with Crippen LogP contribution < -0.4 is 11.1 Å². The lowest BCUT2D eigenvalue weighted by Gasteiger charge is -2.07. The largest absolute Gasteiger partial charge is 0.381 e. The van der Waals surface area contributed by atoms with Crippen LogP contribution in [0.4, 0.5) is 5.69 Å². The Morgan fingerprint density at radius 2 is 2.05 bits per heavy atom. The predicted molar refractivity (Wildman–Crippen MR) is 71.2 cm³/mol. The third kappa shape index (κ3) is 3.07. The molecule has 0 aliphatic carbocycles. The number of rotatable bonds is 4. The smallest absolute Gasteiger partial charge is 0.248 e. The Balaban J connectivity index is 2.06. The van der Waals surface area contributed by atoms with Crippen LogP contribution in [0.2, 0.25) is 0 Å². The fourth-order valence-corrected chi connectivity index (χ4v) is 1.63. The number of anilines is 1. The van der Waals surface area contributed by atoms with Gasteiger partial charge in [0.05, 0.1) is 0 Å². The number of carbonyl (C=O) groups excluding carboxylic acids is 1. The van der Waals surface area contributed by atoms with Crippen LogP contribution in [0.15, 0.2) is 42.6 Å². The van der Waals surface area contributed by atoms with Gasteiger partial charge in [-0.05, 0) is 30.3 Å². The number of benzene rings is 1. The summed E-state index contributed by atoms with van der Waals surface area (Å²) in [7, 11) is 0. The molecule has 1 aromatic heterocycles. The van der Waals surface area contributed by atoms with Crippen LogP contribution in [0.3, 0.4) is 0 Å². The van der Waals surface area contributed by atoms with Crippen molar-refractivity contribution in [3.8, 4) is 6.07 Å². The summed E-state index contributed by atoms with van der Waals surface area (Å²) in [4.78, 5) is 14.9. The highest BCUT2D eigenvalue weighted by Gasteiger charge is 2.03. The van der Waals surface area contributed by atoms with Gasteiger partial charge in [0.1, 0.15) is 11.8 Å². The Bertz CT molecular complexity index is 629. The summed E-state index contributed by atoms with van der Waals surface area (Å²) in [6, 6.07) is 12.5. The first-order valence-corrected chi connectivity index (χ1v) is 5.68. The maximum Gasteiger partial charge on any atom is 0.248 e. The van der Waals surface area contributed by atoms with Gasteiger partial charge in [0.25, 0.3) is 0 Å². The predicted octanol–water partition coefficient (Wildman–Crippen LogP) is 1.66. The van der Waals surface area contributed by atoms with Crippen molar-refractivity contribution in [1.29, 1.82) is 5.26 Å². The third-order valence-corrected chi connectivity index (χ3v) is 2.65. The molecule has 5 nitrogen and oxygen atoms in total. The lowest BCUT2D eigenvalue weighted by molar-refractivity contribution is 0.100. The van der Waals surface area contributed by atoms with E-state index in [4.69, 9.17) is 11.0 Å². The van der Waals surface area contributed by atoms with Crippen LogP contribution in [0.1, 0.15) is 21.6 Å². The Hall–Kier alpha value is -2.87. The zero-order valence-corrected chi connectivity index (χ0v) is 10.1. The molecule has 0 saturated carbocycles. The van der Waals surface area contributed by atoms with Gasteiger partial charge in [-0.1, -0.05) is 6.07 Å². The summed E-state index contributed by atoms with van der Waals surface area (Å²) in [6.45, 7) is 0.493. The Morgan fingerprint density at radius 3 is 2.68 bits per heavy atom. The highest BCUT2D eigenvalue weighted by molar-refractivity contribution is 5.93. The third-order valence-electron chi connectivity index (χ3n) is 2.65. The summed E-state index contributed by atoms with van der Waals surface area (Å²) in [5.74, 6) is -0.453. The highest BCUT2D eigenvalue weighted by atomic mass is 16.1. The molecule has 0 spiro atoms. The van der Waals surface area contributed by atoms with Gasteiger partial charge in [-0.2, -0.15) is 5.26 Å². The molecule has 1 heterocycles. The second kappa shape index (κ2) is 5.65. The monoisotopic (exact) mass is 252 g/mol. The molecule has 0 aliphatic rings. The molecule has 0 unspecified atom stereocenters. The average molecular weight is 252 g/mol. The van der Waals surface area contributed by atoms with Crippen LogP contribution in [-0.4, -0.2) is 10.9 Å². The van der Waals surface area contributed by atoms with Gasteiger partial charge < -0.3 is 11.1 Å². The van der Waals surface area contributed by atoms with Crippen LogP contribution in [0.25, 0.3) is 0 Å². The number of carbonyl (C=O) groups is 1. The highest BCUT2D eigenvalue weighted by Crippen LogP contribution is 2.12. The molecule has 1 amide bonds. The van der Waals surface area contributed by atoms with Crippen molar-refractivity contribution >= 4 is 11.6 Å². The quantitative estimate of drug-likeness (QED) is 0.865. The standard InChI is InChI=1S/C14H12N4O/c15-8-13-11(2-1-7-17-13)9-18-12-5-3-10(4-6-12)14(16)19/h1-7,18H,9H2,(H2,16,19). The van der Waals surface area contributed by atoms with E-state index in [1.54, 1.807) is 36.5 Å². The van der Waals surface area contributed by atoms with Crippen LogP contribution in [0.5, 0.6) is 0 Å². The van der Waals surface area contributed by atoms with E-state index in [0.717, 1.165) is 11.3 Å². The normalized spacial score (nSPS) is 9.63. The second-order valence-corrected chi connectivity index (χ2v) is 3.92. The van der Waals surface area contributed by atoms with E-state index in [0.29, 0.717) is 17.8 Å². The van der Waals surface area contributed by atoms with Crippen molar-refractivity contribution in [2.24, 2.45) is 5.73 Å². The molecule has 0 bridgehead atoms. The number of aromatic nitrogens is 1. The zero-order chi connectivity index (χ0) is 13.7. The van der Waals surface area contributed by atoms with Crippen LogP contribution >= 0.6 is 0 Å². The number of amides is 1. The number of nitrogens with one attached hydrogen (secondary N) is 1. The van der Waals surface area contributed by atoms with E-state index in [1.807, 2.05) is 12.1 Å². The molecule has 2 rings (SSSR count). The van der Waals surface area contributed by atoms with E-state index in [9.17, 15) is 4.79 Å². The number of hydrogen-bond donors (Lipinski definition) is 2. The lowest BCUT2D eigenvalue weighted by Crippen LogP contribution is -2.10. The minimum Gasteiger partial charge on any atom is -0.381 e. The fourth-order valence-electron chi connectivity index (χ4n) is 1.63. The van der Waals surface area contributed by atoms with Gasteiger partial charge >= 0.3 is 0 Å². The van der Waals surface area contributed by atoms with E-state index < -0.39 is 5.91 Å². The zero-order valence-electron chi connectivity index (χ0n) is 10.1. The van der Waals surface area contributed by atoms with Crippen LogP contribution in [0, 0.1) is 11.3 Å². The molecule has 2 aromatic rings. The van der Waals surface area contributed by atoms with Crippen molar-refractivity contribution in [3.05, 3.63) is 59.4 Å². The first-order chi connectivity index (χ1) is 9.20. The van der Waals surface area contributed by atoms with Crippen molar-refractivity contribution in [2.75, 3.05) is 5.32 Å². The molecule has 0 radical (unpaired) electrons. The van der Waals surface area contributed by atoms with Gasteiger partial charge in [0, 0.05) is 29.6 Å². The van der Waals surface area contributed by atoms with Crippen molar-refractivity contribution in [1.82, 2.24) is 4.98 Å². The Labute approximate surface area is 110 Å². The van der Waals surface area contributed by atoms with Crippen molar-refractivity contribution < 1.29 is 4.79 Å². The fraction of sp³-hybridized carbons (Fsp3) is 0.0714. The minimum atomic E-state index is -0.453. The van der Waals surface area contributed by atoms with E-state index in [1.165, 1.54) is 0 Å². The maximum absolute atomic E-state index is 10.9. The molecule has 1 aromatic carbocycles. The molecule has 0 saturated heterocycles. The summed E-state index contributed by atoms with van der Waals surface area (Å²) in [5, 5.41) is 12.1. The molecule has 94 valence electrons. The van der Waals surface area contributed by atoms with E-state index >= 15 is 0 Å². The molecule has 5 heteroatoms. The Kier molecular flexibility index (Phi) is 3.74. The SMILES string of the molecule is N#Cc1ncccc1CNc1ccc(C(N)=O)cc1. The topological polar surface area (TPSA) is 91.8 Å². The Morgan fingerprint density at radius 1 is 1.32 bits per heavy atom. The average Bonchev–Trinajstić information content (AvgIpc) is 2.45. The second-order valence-electron chi connectivity index (χ2n) is 3.92. The molecular weight excluding hydrogens is 240 g/mol. The van der Waals surface area contributed by atoms with Crippen molar-refractivity contribution in [2.45, 2.75) is 6.54 Å². The molecule has 3 N–H and O–H groups in total. The number of pyridine rings is 1. The summed E-state index contributed by atoms with van der Waals surface area (Å²) >= 11 is 0. The molecule has 0 aliphatic heterocycles. The number of hydrogen-bond acceptors (Lipinski definition) is 4. The molecule has 19 heavy (non-hydrogen) atoms. The lowest BCUT2D eigenvalue weighted by atomic mass is 10.1. The molecule has 0 atom stereocenters.